The molecule has 118 valence electrons. The maximum atomic E-state index is 12.8. The molecule has 0 amide bonds. The van der Waals surface area contributed by atoms with Gasteiger partial charge in [-0.05, 0) is 43.4 Å². The molecule has 2 heterocycles. The summed E-state index contributed by atoms with van der Waals surface area (Å²) in [6, 6.07) is 7.14. The van der Waals surface area contributed by atoms with Crippen molar-refractivity contribution in [1.29, 1.82) is 0 Å². The molecule has 1 fully saturated rings. The first kappa shape index (κ1) is 14.4. The van der Waals surface area contributed by atoms with Crippen molar-refractivity contribution in [3.8, 4) is 0 Å². The third-order valence-electron chi connectivity index (χ3n) is 5.29. The van der Waals surface area contributed by atoms with E-state index >= 15 is 0 Å². The van der Waals surface area contributed by atoms with E-state index in [9.17, 15) is 8.42 Å². The minimum atomic E-state index is -3.39. The Bertz CT molecular complexity index is 721. The number of benzene rings is 1. The number of nitrogens with zero attached hydrogens (tertiary/aromatic N) is 1. The van der Waals surface area contributed by atoms with E-state index < -0.39 is 10.0 Å². The van der Waals surface area contributed by atoms with Crippen molar-refractivity contribution in [2.45, 2.75) is 24.7 Å². The highest BCUT2D eigenvalue weighted by Gasteiger charge is 2.42. The van der Waals surface area contributed by atoms with Gasteiger partial charge in [0.25, 0.3) is 0 Å². The minimum Gasteiger partial charge on any atom is -0.381 e. The molecule has 0 radical (unpaired) electrons. The third-order valence-corrected chi connectivity index (χ3v) is 7.10. The van der Waals surface area contributed by atoms with Crippen molar-refractivity contribution in [1.82, 2.24) is 4.31 Å². The lowest BCUT2D eigenvalue weighted by molar-refractivity contribution is 0.182. The Kier molecular flexibility index (Phi) is 3.40. The molecule has 1 aromatic rings. The summed E-state index contributed by atoms with van der Waals surface area (Å²) >= 11 is 0. The molecule has 1 saturated heterocycles. The number of hydrogen-bond acceptors (Lipinski definition) is 3. The molecule has 0 bridgehead atoms. The highest BCUT2D eigenvalue weighted by Crippen LogP contribution is 2.43. The molecule has 0 spiro atoms. The Hall–Kier alpha value is -1.17. The van der Waals surface area contributed by atoms with Gasteiger partial charge in [0.2, 0.25) is 10.0 Å². The van der Waals surface area contributed by atoms with Gasteiger partial charge in [-0.3, -0.25) is 0 Å². The van der Waals surface area contributed by atoms with Gasteiger partial charge in [-0.15, -0.1) is 0 Å². The van der Waals surface area contributed by atoms with Crippen molar-refractivity contribution in [2.75, 3.05) is 26.3 Å². The summed E-state index contributed by atoms with van der Waals surface area (Å²) in [4.78, 5) is 0.400. The van der Waals surface area contributed by atoms with Crippen molar-refractivity contribution < 1.29 is 13.2 Å². The van der Waals surface area contributed by atoms with E-state index in [4.69, 9.17) is 4.74 Å². The molecule has 2 atom stereocenters. The first-order chi connectivity index (χ1) is 10.6. The maximum Gasteiger partial charge on any atom is 0.243 e. The number of fused-ring (bicyclic) bond motifs is 2. The van der Waals surface area contributed by atoms with Crippen LogP contribution in [-0.4, -0.2) is 39.0 Å². The summed E-state index contributed by atoms with van der Waals surface area (Å²) in [6.07, 6.45) is 2.17. The number of aryl methyl sites for hydroxylation is 1. The van der Waals surface area contributed by atoms with E-state index in [2.05, 4.69) is 0 Å². The molecular formula is C17H21NO3S. The van der Waals surface area contributed by atoms with E-state index in [-0.39, 0.29) is 0 Å². The van der Waals surface area contributed by atoms with Crippen LogP contribution in [0.3, 0.4) is 0 Å². The Morgan fingerprint density at radius 2 is 1.91 bits per heavy atom. The second-order valence-electron chi connectivity index (χ2n) is 6.66. The van der Waals surface area contributed by atoms with Gasteiger partial charge < -0.3 is 4.74 Å². The van der Waals surface area contributed by atoms with Crippen LogP contribution in [0.15, 0.2) is 40.3 Å². The fraction of sp³-hybridized carbons (Fsp3) is 0.529. The molecule has 3 aliphatic rings. The van der Waals surface area contributed by atoms with E-state index in [1.54, 1.807) is 16.4 Å². The number of hydrogen-bond donors (Lipinski definition) is 0. The van der Waals surface area contributed by atoms with Gasteiger partial charge in [0.15, 0.2) is 0 Å². The molecule has 5 heteroatoms. The normalized spacial score (nSPS) is 28.8. The average Bonchev–Trinajstić information content (AvgIpc) is 3.13. The molecule has 0 N–H and O–H groups in total. The van der Waals surface area contributed by atoms with Crippen LogP contribution < -0.4 is 0 Å². The first-order valence-corrected chi connectivity index (χ1v) is 9.35. The predicted octanol–water partition coefficient (Wildman–Crippen LogP) is 2.35. The van der Waals surface area contributed by atoms with Crippen LogP contribution in [-0.2, 0) is 14.8 Å². The third kappa shape index (κ3) is 2.23. The summed E-state index contributed by atoms with van der Waals surface area (Å²) in [5.74, 6) is 1.04. The second-order valence-corrected chi connectivity index (χ2v) is 8.60. The van der Waals surface area contributed by atoms with Gasteiger partial charge in [0.1, 0.15) is 0 Å². The van der Waals surface area contributed by atoms with Crippen LogP contribution in [0.25, 0.3) is 0 Å². The van der Waals surface area contributed by atoms with Crippen molar-refractivity contribution in [3.05, 3.63) is 41.0 Å². The van der Waals surface area contributed by atoms with Crippen LogP contribution in [0.4, 0.5) is 0 Å². The highest BCUT2D eigenvalue weighted by atomic mass is 32.2. The molecular weight excluding hydrogens is 298 g/mol. The van der Waals surface area contributed by atoms with Gasteiger partial charge >= 0.3 is 0 Å². The largest absolute Gasteiger partial charge is 0.381 e. The van der Waals surface area contributed by atoms with E-state index in [0.717, 1.165) is 31.6 Å². The smallest absolute Gasteiger partial charge is 0.243 e. The van der Waals surface area contributed by atoms with Gasteiger partial charge in [-0.1, -0.05) is 23.3 Å². The fourth-order valence-corrected chi connectivity index (χ4v) is 5.36. The van der Waals surface area contributed by atoms with E-state index in [1.807, 2.05) is 19.1 Å². The number of rotatable bonds is 2. The predicted molar refractivity (Wildman–Crippen MR) is 84.0 cm³/mol. The standard InChI is InChI=1S/C17H21NO3S/c1-12-2-6-15(7-3-12)22(19,20)18-8-13-4-5-14-10-21-11-17(14)16(13)9-18/h2-3,6-7,14,17H,4-5,8-11H2,1H3/t14-,17+/m1/s1. The quantitative estimate of drug-likeness (QED) is 0.786. The average molecular weight is 319 g/mol. The molecule has 4 rings (SSSR count). The lowest BCUT2D eigenvalue weighted by Gasteiger charge is -2.25. The lowest BCUT2D eigenvalue weighted by atomic mass is 9.78. The molecule has 4 nitrogen and oxygen atoms in total. The zero-order chi connectivity index (χ0) is 15.3. The maximum absolute atomic E-state index is 12.8. The van der Waals surface area contributed by atoms with Crippen molar-refractivity contribution in [3.63, 3.8) is 0 Å². The van der Waals surface area contributed by atoms with Gasteiger partial charge in [0, 0.05) is 19.0 Å². The number of ether oxygens (including phenoxy) is 1. The van der Waals surface area contributed by atoms with Crippen molar-refractivity contribution in [2.24, 2.45) is 11.8 Å². The van der Waals surface area contributed by atoms with E-state index in [1.165, 1.54) is 11.1 Å². The Morgan fingerprint density at radius 1 is 1.14 bits per heavy atom. The van der Waals surface area contributed by atoms with Crippen LogP contribution in [0.5, 0.6) is 0 Å². The van der Waals surface area contributed by atoms with Gasteiger partial charge in [-0.25, -0.2) is 8.42 Å². The van der Waals surface area contributed by atoms with Crippen LogP contribution in [0, 0.1) is 18.8 Å². The summed E-state index contributed by atoms with van der Waals surface area (Å²) in [7, 11) is -3.39. The Morgan fingerprint density at radius 3 is 2.68 bits per heavy atom. The van der Waals surface area contributed by atoms with Crippen LogP contribution in [0.2, 0.25) is 0 Å². The molecule has 2 aliphatic heterocycles. The van der Waals surface area contributed by atoms with Crippen LogP contribution >= 0.6 is 0 Å². The van der Waals surface area contributed by atoms with Gasteiger partial charge in [0.05, 0.1) is 18.1 Å². The van der Waals surface area contributed by atoms with Crippen molar-refractivity contribution >= 4 is 10.0 Å². The zero-order valence-electron chi connectivity index (χ0n) is 12.8. The Labute approximate surface area is 131 Å². The SMILES string of the molecule is Cc1ccc(S(=O)(=O)N2CC3=C(C2)[C@H]2COC[C@H]2CC3)cc1. The summed E-state index contributed by atoms with van der Waals surface area (Å²) in [5.41, 5.74) is 3.75. The molecule has 0 aromatic heterocycles. The molecule has 22 heavy (non-hydrogen) atoms. The minimum absolute atomic E-state index is 0.400. The zero-order valence-corrected chi connectivity index (χ0v) is 13.6. The fourth-order valence-electron chi connectivity index (χ4n) is 3.95. The Balaban J connectivity index is 1.60. The monoisotopic (exact) mass is 319 g/mol. The van der Waals surface area contributed by atoms with Gasteiger partial charge in [-0.2, -0.15) is 4.31 Å². The second kappa shape index (κ2) is 5.18. The van der Waals surface area contributed by atoms with Crippen LogP contribution in [0.1, 0.15) is 18.4 Å². The highest BCUT2D eigenvalue weighted by molar-refractivity contribution is 7.89. The summed E-state index contributed by atoms with van der Waals surface area (Å²) in [5, 5.41) is 0. The molecule has 0 saturated carbocycles. The van der Waals surface area contributed by atoms with E-state index in [0.29, 0.717) is 29.8 Å². The summed E-state index contributed by atoms with van der Waals surface area (Å²) in [6.45, 7) is 4.69. The number of sulfonamides is 1. The topological polar surface area (TPSA) is 46.6 Å². The summed E-state index contributed by atoms with van der Waals surface area (Å²) < 4.78 is 33.0. The lowest BCUT2D eigenvalue weighted by Crippen LogP contribution is -2.30. The molecule has 1 aromatic carbocycles. The first-order valence-electron chi connectivity index (χ1n) is 7.91. The molecule has 1 aliphatic carbocycles. The molecule has 0 unspecified atom stereocenters.